The van der Waals surface area contributed by atoms with Gasteiger partial charge in [0.2, 0.25) is 5.76 Å². The molecule has 1 amide bonds. The molecule has 0 saturated heterocycles. The van der Waals surface area contributed by atoms with Gasteiger partial charge in [0.25, 0.3) is 5.91 Å². The third kappa shape index (κ3) is 2.88. The highest BCUT2D eigenvalue weighted by Gasteiger charge is 2.29. The van der Waals surface area contributed by atoms with Gasteiger partial charge in [0.1, 0.15) is 0 Å². The molecule has 0 saturated carbocycles. The first kappa shape index (κ1) is 13.8. The first-order chi connectivity index (χ1) is 9.17. The Morgan fingerprint density at radius 2 is 2.32 bits per heavy atom. The zero-order chi connectivity index (χ0) is 13.8. The normalized spacial score (nSPS) is 18.3. The lowest BCUT2D eigenvalue weighted by atomic mass is 10.1. The summed E-state index contributed by atoms with van der Waals surface area (Å²) in [6, 6.07) is 0.210. The monoisotopic (exact) mass is 262 g/mol. The van der Waals surface area contributed by atoms with Crippen molar-refractivity contribution < 1.29 is 9.21 Å². The summed E-state index contributed by atoms with van der Waals surface area (Å²) in [5, 5.41) is 0. The van der Waals surface area contributed by atoms with Gasteiger partial charge in [0.15, 0.2) is 5.89 Å². The largest absolute Gasteiger partial charge is 0.435 e. The molecule has 0 fully saturated rings. The second-order valence-electron chi connectivity index (χ2n) is 4.97. The van der Waals surface area contributed by atoms with Crippen LogP contribution in [0.2, 0.25) is 0 Å². The van der Waals surface area contributed by atoms with Gasteiger partial charge in [-0.3, -0.25) is 4.79 Å². The molecular weight excluding hydrogens is 240 g/mol. The molecule has 0 aliphatic carbocycles. The molecule has 1 atom stereocenters. The summed E-state index contributed by atoms with van der Waals surface area (Å²) < 4.78 is 5.56. The second kappa shape index (κ2) is 6.04. The molecule has 4 nitrogen and oxygen atoms in total. The molecule has 0 bridgehead atoms. The number of nitrogens with zero attached hydrogens (tertiary/aromatic N) is 2. The molecule has 0 spiro atoms. The molecule has 19 heavy (non-hydrogen) atoms. The Balaban J connectivity index is 2.12. The van der Waals surface area contributed by atoms with Crippen molar-refractivity contribution in [2.24, 2.45) is 0 Å². The van der Waals surface area contributed by atoms with Crippen LogP contribution in [0, 0.1) is 6.92 Å². The minimum absolute atomic E-state index is 0.0317. The summed E-state index contributed by atoms with van der Waals surface area (Å²) in [7, 11) is 0. The number of hydrogen-bond acceptors (Lipinski definition) is 3. The fourth-order valence-corrected chi connectivity index (χ4v) is 2.40. The molecule has 0 unspecified atom stereocenters. The first-order valence-electron chi connectivity index (χ1n) is 7.11. The van der Waals surface area contributed by atoms with Crippen LogP contribution in [0.15, 0.2) is 16.6 Å². The fourth-order valence-electron chi connectivity index (χ4n) is 2.40. The van der Waals surface area contributed by atoms with Crippen LogP contribution in [0.4, 0.5) is 0 Å². The number of carbonyl (C=O) groups is 1. The van der Waals surface area contributed by atoms with Gasteiger partial charge in [0.05, 0.1) is 11.7 Å². The standard InChI is InChI=1S/C15H22N2O2/c1-4-6-8-12-9-7-10-17(12)15(18)14-11(3)16-13(5-2)19-14/h7,9,12H,4-6,8,10H2,1-3H3/t12-/m1/s1. The molecule has 104 valence electrons. The van der Waals surface area contributed by atoms with E-state index in [4.69, 9.17) is 4.42 Å². The first-order valence-corrected chi connectivity index (χ1v) is 7.11. The van der Waals surface area contributed by atoms with Crippen molar-refractivity contribution >= 4 is 5.91 Å². The van der Waals surface area contributed by atoms with Crippen LogP contribution < -0.4 is 0 Å². The van der Waals surface area contributed by atoms with Gasteiger partial charge >= 0.3 is 0 Å². The number of unbranched alkanes of at least 4 members (excludes halogenated alkanes) is 1. The summed E-state index contributed by atoms with van der Waals surface area (Å²) in [4.78, 5) is 18.7. The van der Waals surface area contributed by atoms with Gasteiger partial charge in [-0.1, -0.05) is 38.8 Å². The van der Waals surface area contributed by atoms with Crippen LogP contribution in [0.3, 0.4) is 0 Å². The number of hydrogen-bond donors (Lipinski definition) is 0. The van der Waals surface area contributed by atoms with Crippen LogP contribution >= 0.6 is 0 Å². The van der Waals surface area contributed by atoms with Crippen molar-refractivity contribution in [2.75, 3.05) is 6.54 Å². The van der Waals surface area contributed by atoms with Crippen molar-refractivity contribution in [3.63, 3.8) is 0 Å². The zero-order valence-electron chi connectivity index (χ0n) is 12.0. The Morgan fingerprint density at radius 3 is 2.95 bits per heavy atom. The highest BCUT2D eigenvalue weighted by atomic mass is 16.4. The van der Waals surface area contributed by atoms with E-state index in [2.05, 4.69) is 24.1 Å². The van der Waals surface area contributed by atoms with E-state index in [9.17, 15) is 4.79 Å². The molecule has 2 rings (SSSR count). The second-order valence-corrected chi connectivity index (χ2v) is 4.97. The third-order valence-corrected chi connectivity index (χ3v) is 3.51. The van der Waals surface area contributed by atoms with Crippen LogP contribution in [0.5, 0.6) is 0 Å². The highest BCUT2D eigenvalue weighted by molar-refractivity contribution is 5.93. The molecule has 1 aliphatic heterocycles. The number of oxazole rings is 1. The average molecular weight is 262 g/mol. The molecule has 1 aromatic heterocycles. The van der Waals surface area contributed by atoms with Crippen LogP contribution in [0.1, 0.15) is 55.2 Å². The van der Waals surface area contributed by atoms with E-state index in [0.29, 0.717) is 30.3 Å². The molecule has 2 heterocycles. The van der Waals surface area contributed by atoms with Crippen LogP contribution in [-0.4, -0.2) is 28.4 Å². The Kier molecular flexibility index (Phi) is 4.40. The SMILES string of the molecule is CCCC[C@@H]1C=CCN1C(=O)c1oc(CC)nc1C. The summed E-state index contributed by atoms with van der Waals surface area (Å²) in [6.07, 6.45) is 8.20. The third-order valence-electron chi connectivity index (χ3n) is 3.51. The Bertz CT molecular complexity index is 476. The predicted molar refractivity (Wildman–Crippen MR) is 74.1 cm³/mol. The van der Waals surface area contributed by atoms with Crippen molar-refractivity contribution in [3.8, 4) is 0 Å². The molecule has 0 radical (unpaired) electrons. The van der Waals surface area contributed by atoms with Gasteiger partial charge in [0, 0.05) is 13.0 Å². The van der Waals surface area contributed by atoms with Gasteiger partial charge in [-0.05, 0) is 13.3 Å². The minimum atomic E-state index is -0.0317. The fraction of sp³-hybridized carbons (Fsp3) is 0.600. The van der Waals surface area contributed by atoms with Gasteiger partial charge in [-0.25, -0.2) is 4.98 Å². The minimum Gasteiger partial charge on any atom is -0.435 e. The summed E-state index contributed by atoms with van der Waals surface area (Å²) >= 11 is 0. The average Bonchev–Trinajstić information content (AvgIpc) is 3.01. The van der Waals surface area contributed by atoms with Gasteiger partial charge in [-0.15, -0.1) is 0 Å². The van der Waals surface area contributed by atoms with Gasteiger partial charge < -0.3 is 9.32 Å². The number of aromatic nitrogens is 1. The summed E-state index contributed by atoms with van der Waals surface area (Å²) in [5.41, 5.74) is 0.697. The maximum absolute atomic E-state index is 12.5. The van der Waals surface area contributed by atoms with Crippen LogP contribution in [-0.2, 0) is 6.42 Å². The van der Waals surface area contributed by atoms with E-state index in [-0.39, 0.29) is 11.9 Å². The predicted octanol–water partition coefficient (Wildman–Crippen LogP) is 3.12. The Labute approximate surface area is 114 Å². The van der Waals surface area contributed by atoms with E-state index in [0.717, 1.165) is 19.3 Å². The molecule has 0 aromatic carbocycles. The quantitative estimate of drug-likeness (QED) is 0.766. The molecular formula is C15H22N2O2. The molecule has 1 aliphatic rings. The Hall–Kier alpha value is -1.58. The molecule has 4 heteroatoms. The van der Waals surface area contributed by atoms with Crippen LogP contribution in [0.25, 0.3) is 0 Å². The Morgan fingerprint density at radius 1 is 1.53 bits per heavy atom. The van der Waals surface area contributed by atoms with E-state index < -0.39 is 0 Å². The lowest BCUT2D eigenvalue weighted by Crippen LogP contribution is -2.36. The lowest BCUT2D eigenvalue weighted by Gasteiger charge is -2.23. The number of amides is 1. The smallest absolute Gasteiger partial charge is 0.292 e. The van der Waals surface area contributed by atoms with Crippen molar-refractivity contribution in [1.82, 2.24) is 9.88 Å². The number of carbonyl (C=O) groups excluding carboxylic acids is 1. The lowest BCUT2D eigenvalue weighted by molar-refractivity contribution is 0.0708. The summed E-state index contributed by atoms with van der Waals surface area (Å²) in [6.45, 7) is 6.65. The van der Waals surface area contributed by atoms with Gasteiger partial charge in [-0.2, -0.15) is 0 Å². The topological polar surface area (TPSA) is 46.3 Å². The molecule has 1 aromatic rings. The van der Waals surface area contributed by atoms with E-state index in [1.165, 1.54) is 0 Å². The van der Waals surface area contributed by atoms with E-state index in [1.807, 2.05) is 18.7 Å². The maximum Gasteiger partial charge on any atom is 0.292 e. The number of aryl methyl sites for hydroxylation is 2. The van der Waals surface area contributed by atoms with Crippen molar-refractivity contribution in [1.29, 1.82) is 0 Å². The van der Waals surface area contributed by atoms with Crippen molar-refractivity contribution in [3.05, 3.63) is 29.5 Å². The van der Waals surface area contributed by atoms with E-state index in [1.54, 1.807) is 0 Å². The zero-order valence-corrected chi connectivity index (χ0v) is 12.0. The van der Waals surface area contributed by atoms with Crippen molar-refractivity contribution in [2.45, 2.75) is 52.5 Å². The highest BCUT2D eigenvalue weighted by Crippen LogP contribution is 2.21. The summed E-state index contributed by atoms with van der Waals surface area (Å²) in [5.74, 6) is 1.01. The number of rotatable bonds is 5. The maximum atomic E-state index is 12.5. The molecule has 0 N–H and O–H groups in total. The van der Waals surface area contributed by atoms with E-state index >= 15 is 0 Å².